The Kier molecular flexibility index (Phi) is 3.93. The van der Waals surface area contributed by atoms with Crippen LogP contribution in [0, 0.1) is 0 Å². The van der Waals surface area contributed by atoms with Crippen LogP contribution in [0.3, 0.4) is 0 Å². The molecule has 3 nitrogen and oxygen atoms in total. The van der Waals surface area contributed by atoms with Crippen LogP contribution in [0.2, 0.25) is 0 Å². The molecule has 0 aliphatic rings. The molecule has 0 unspecified atom stereocenters. The first-order valence-corrected chi connectivity index (χ1v) is 6.91. The minimum Gasteiger partial charge on any atom is -0.375 e. The second-order valence-electron chi connectivity index (χ2n) is 3.74. The molecular weight excluding hydrogens is 238 g/mol. The highest BCUT2D eigenvalue weighted by atomic mass is 32.1. The van der Waals surface area contributed by atoms with E-state index in [1.165, 1.54) is 16.2 Å². The molecule has 0 aliphatic heterocycles. The number of nitrogens with zero attached hydrogens (tertiary/aromatic N) is 2. The Morgan fingerprint density at radius 1 is 1.44 bits per heavy atom. The predicted molar refractivity (Wildman–Crippen MR) is 70.9 cm³/mol. The van der Waals surface area contributed by atoms with Crippen molar-refractivity contribution in [1.82, 2.24) is 9.88 Å². The average molecular weight is 253 g/mol. The normalized spacial score (nSPS) is 11.1. The first-order chi connectivity index (χ1) is 7.74. The van der Waals surface area contributed by atoms with E-state index >= 15 is 0 Å². The summed E-state index contributed by atoms with van der Waals surface area (Å²) in [4.78, 5) is 7.96. The molecule has 2 N–H and O–H groups in total. The molecule has 86 valence electrons. The molecule has 16 heavy (non-hydrogen) atoms. The van der Waals surface area contributed by atoms with Gasteiger partial charge in [0.25, 0.3) is 0 Å². The number of nitrogens with two attached hydrogens (primary N) is 1. The van der Waals surface area contributed by atoms with Gasteiger partial charge >= 0.3 is 0 Å². The Hall–Kier alpha value is -0.910. The zero-order valence-electron chi connectivity index (χ0n) is 9.22. The van der Waals surface area contributed by atoms with E-state index in [0.717, 1.165) is 25.2 Å². The van der Waals surface area contributed by atoms with Crippen LogP contribution in [0.4, 0.5) is 5.13 Å². The van der Waals surface area contributed by atoms with Gasteiger partial charge in [-0.1, -0.05) is 6.07 Å². The Balaban J connectivity index is 1.78. The zero-order chi connectivity index (χ0) is 11.4. The summed E-state index contributed by atoms with van der Waals surface area (Å²) in [5.41, 5.74) is 6.66. The number of hydrogen-bond donors (Lipinski definition) is 1. The van der Waals surface area contributed by atoms with Crippen molar-refractivity contribution in [2.45, 2.75) is 13.0 Å². The lowest BCUT2D eigenvalue weighted by molar-refractivity contribution is 0.329. The van der Waals surface area contributed by atoms with E-state index in [-0.39, 0.29) is 0 Å². The third kappa shape index (κ3) is 3.30. The molecule has 2 heterocycles. The summed E-state index contributed by atoms with van der Waals surface area (Å²) in [5.74, 6) is 0. The molecule has 0 aromatic carbocycles. The highest BCUT2D eigenvalue weighted by Gasteiger charge is 2.04. The Bertz CT molecular complexity index is 422. The van der Waals surface area contributed by atoms with Gasteiger partial charge in [-0.05, 0) is 24.9 Å². The summed E-state index contributed by atoms with van der Waals surface area (Å²) in [5, 5.41) is 4.80. The first kappa shape index (κ1) is 11.6. The summed E-state index contributed by atoms with van der Waals surface area (Å²) < 4.78 is 0. The first-order valence-electron chi connectivity index (χ1n) is 5.15. The Labute approximate surface area is 104 Å². The van der Waals surface area contributed by atoms with E-state index in [2.05, 4.69) is 34.4 Å². The van der Waals surface area contributed by atoms with Crippen LogP contribution in [0.25, 0.3) is 0 Å². The van der Waals surface area contributed by atoms with Crippen molar-refractivity contribution in [1.29, 1.82) is 0 Å². The largest absolute Gasteiger partial charge is 0.375 e. The molecule has 0 amide bonds. The molecule has 0 fully saturated rings. The number of likely N-dealkylation sites (N-methyl/N-ethyl adjacent to an activating group) is 1. The topological polar surface area (TPSA) is 42.1 Å². The summed E-state index contributed by atoms with van der Waals surface area (Å²) in [6.45, 7) is 1.93. The van der Waals surface area contributed by atoms with Gasteiger partial charge in [-0.25, -0.2) is 4.98 Å². The fraction of sp³-hybridized carbons (Fsp3) is 0.364. The molecule has 0 aliphatic carbocycles. The summed E-state index contributed by atoms with van der Waals surface area (Å²) in [7, 11) is 2.11. The lowest BCUT2D eigenvalue weighted by Gasteiger charge is -2.14. The number of thiophene rings is 1. The predicted octanol–water partition coefficient (Wildman–Crippen LogP) is 2.46. The minimum absolute atomic E-state index is 0.654. The average Bonchev–Trinajstić information content (AvgIpc) is 2.87. The van der Waals surface area contributed by atoms with Crippen LogP contribution in [0.15, 0.2) is 22.9 Å². The van der Waals surface area contributed by atoms with Crippen molar-refractivity contribution in [3.8, 4) is 0 Å². The molecule has 0 saturated heterocycles. The zero-order valence-corrected chi connectivity index (χ0v) is 10.9. The maximum absolute atomic E-state index is 5.60. The highest BCUT2D eigenvalue weighted by molar-refractivity contribution is 7.13. The summed E-state index contributed by atoms with van der Waals surface area (Å²) in [6, 6.07) is 4.28. The molecule has 2 rings (SSSR count). The van der Waals surface area contributed by atoms with Crippen LogP contribution in [0.5, 0.6) is 0 Å². The molecule has 2 aromatic rings. The number of nitrogen functional groups attached to an aromatic ring is 1. The maximum atomic E-state index is 5.60. The van der Waals surface area contributed by atoms with Crippen LogP contribution in [0.1, 0.15) is 10.6 Å². The summed E-state index contributed by atoms with van der Waals surface area (Å²) in [6.07, 6.45) is 1.10. The quantitative estimate of drug-likeness (QED) is 0.890. The Morgan fingerprint density at radius 3 is 2.94 bits per heavy atom. The molecule has 0 spiro atoms. The van der Waals surface area contributed by atoms with Gasteiger partial charge in [0.1, 0.15) is 0 Å². The number of hydrogen-bond acceptors (Lipinski definition) is 5. The lowest BCUT2D eigenvalue weighted by Crippen LogP contribution is -2.20. The number of aromatic nitrogens is 1. The van der Waals surface area contributed by atoms with Gasteiger partial charge in [0.15, 0.2) is 5.13 Å². The van der Waals surface area contributed by atoms with E-state index in [1.807, 2.05) is 16.7 Å². The fourth-order valence-corrected chi connectivity index (χ4v) is 2.76. The molecule has 0 radical (unpaired) electrons. The van der Waals surface area contributed by atoms with Gasteiger partial charge in [0, 0.05) is 23.3 Å². The lowest BCUT2D eigenvalue weighted by atomic mass is 10.3. The van der Waals surface area contributed by atoms with Crippen LogP contribution >= 0.6 is 22.7 Å². The monoisotopic (exact) mass is 253 g/mol. The van der Waals surface area contributed by atoms with E-state index in [0.29, 0.717) is 5.13 Å². The van der Waals surface area contributed by atoms with Gasteiger partial charge in [-0.15, -0.1) is 22.7 Å². The van der Waals surface area contributed by atoms with Crippen LogP contribution in [-0.2, 0) is 13.0 Å². The highest BCUT2D eigenvalue weighted by Crippen LogP contribution is 2.13. The Morgan fingerprint density at radius 2 is 2.31 bits per heavy atom. The second-order valence-corrected chi connectivity index (χ2v) is 5.67. The van der Waals surface area contributed by atoms with Crippen molar-refractivity contribution < 1.29 is 0 Å². The molecule has 0 saturated carbocycles. The number of rotatable bonds is 5. The smallest absolute Gasteiger partial charge is 0.180 e. The SMILES string of the molecule is CN(CCc1cccs1)Cc1csc(N)n1. The third-order valence-electron chi connectivity index (χ3n) is 2.32. The number of thiazole rings is 1. The second kappa shape index (κ2) is 5.43. The van der Waals surface area contributed by atoms with Crippen molar-refractivity contribution in [3.63, 3.8) is 0 Å². The van der Waals surface area contributed by atoms with E-state index in [1.54, 1.807) is 0 Å². The molecule has 0 bridgehead atoms. The molecule has 2 aromatic heterocycles. The van der Waals surface area contributed by atoms with Crippen LogP contribution in [-0.4, -0.2) is 23.5 Å². The van der Waals surface area contributed by atoms with Gasteiger partial charge in [0.2, 0.25) is 0 Å². The van der Waals surface area contributed by atoms with Crippen molar-refractivity contribution in [3.05, 3.63) is 33.5 Å². The van der Waals surface area contributed by atoms with E-state index < -0.39 is 0 Å². The maximum Gasteiger partial charge on any atom is 0.180 e. The van der Waals surface area contributed by atoms with Gasteiger partial charge in [0.05, 0.1) is 5.69 Å². The van der Waals surface area contributed by atoms with Gasteiger partial charge in [-0.2, -0.15) is 0 Å². The van der Waals surface area contributed by atoms with Crippen molar-refractivity contribution in [2.75, 3.05) is 19.3 Å². The van der Waals surface area contributed by atoms with E-state index in [9.17, 15) is 0 Å². The van der Waals surface area contributed by atoms with Crippen molar-refractivity contribution >= 4 is 27.8 Å². The van der Waals surface area contributed by atoms with Gasteiger partial charge < -0.3 is 10.6 Å². The van der Waals surface area contributed by atoms with Gasteiger partial charge in [-0.3, -0.25) is 0 Å². The molecule has 5 heteroatoms. The fourth-order valence-electron chi connectivity index (χ4n) is 1.51. The number of anilines is 1. The van der Waals surface area contributed by atoms with Crippen LogP contribution < -0.4 is 5.73 Å². The molecule has 0 atom stereocenters. The standard InChI is InChI=1S/C11H15N3S2/c1-14(5-4-10-3-2-6-15-10)7-9-8-16-11(12)13-9/h2-3,6,8H,4-5,7H2,1H3,(H2,12,13). The minimum atomic E-state index is 0.654. The summed E-state index contributed by atoms with van der Waals surface area (Å²) >= 11 is 3.32. The molecular formula is C11H15N3S2. The van der Waals surface area contributed by atoms with E-state index in [4.69, 9.17) is 5.73 Å². The third-order valence-corrected chi connectivity index (χ3v) is 3.98. The van der Waals surface area contributed by atoms with Crippen molar-refractivity contribution in [2.24, 2.45) is 0 Å².